The van der Waals surface area contributed by atoms with Gasteiger partial charge in [-0.1, -0.05) is 25.1 Å². The van der Waals surface area contributed by atoms with Crippen LogP contribution in [-0.2, 0) is 24.1 Å². The number of rotatable bonds is 8. The maximum Gasteiger partial charge on any atom is 0.335 e. The van der Waals surface area contributed by atoms with Gasteiger partial charge in [0.25, 0.3) is 0 Å². The van der Waals surface area contributed by atoms with E-state index in [-0.39, 0.29) is 17.9 Å². The molecule has 1 aromatic carbocycles. The summed E-state index contributed by atoms with van der Waals surface area (Å²) in [6, 6.07) is 6.78. The zero-order valence-electron chi connectivity index (χ0n) is 13.0. The Kier molecular flexibility index (Phi) is 6.29. The molecule has 2 rings (SSSR count). The summed E-state index contributed by atoms with van der Waals surface area (Å²) in [4.78, 5) is 28.5. The van der Waals surface area contributed by atoms with Crippen LogP contribution in [0.2, 0.25) is 0 Å². The molecule has 0 fully saturated rings. The molecular weight excluding hydrogens is 312 g/mol. The van der Waals surface area contributed by atoms with Gasteiger partial charge >= 0.3 is 5.97 Å². The summed E-state index contributed by atoms with van der Waals surface area (Å²) >= 11 is 1.67. The molecule has 0 unspecified atom stereocenters. The molecule has 1 amide bonds. The van der Waals surface area contributed by atoms with E-state index in [9.17, 15) is 9.59 Å². The molecule has 0 spiro atoms. The highest BCUT2D eigenvalue weighted by Gasteiger charge is 2.10. The van der Waals surface area contributed by atoms with Gasteiger partial charge < -0.3 is 10.4 Å². The Bertz CT molecular complexity index is 682. The van der Waals surface area contributed by atoms with Gasteiger partial charge in [-0.3, -0.25) is 4.79 Å². The summed E-state index contributed by atoms with van der Waals surface area (Å²) in [5.74, 6) is -1.03. The Labute approximate surface area is 139 Å². The molecule has 0 aliphatic carbocycles. The lowest BCUT2D eigenvalue weighted by molar-refractivity contribution is -0.121. The molecular formula is C17H20N2O3S. The lowest BCUT2D eigenvalue weighted by Gasteiger charge is -2.06. The van der Waals surface area contributed by atoms with Crippen molar-refractivity contribution in [3.05, 3.63) is 51.5 Å². The molecule has 5 nitrogen and oxygen atoms in total. The number of carboxylic acids is 1. The molecule has 1 aromatic heterocycles. The van der Waals surface area contributed by atoms with E-state index in [2.05, 4.69) is 17.2 Å². The second-order valence-electron chi connectivity index (χ2n) is 5.14. The Balaban J connectivity index is 1.76. The molecule has 1 heterocycles. The topological polar surface area (TPSA) is 79.3 Å². The summed E-state index contributed by atoms with van der Waals surface area (Å²) < 4.78 is 0. The maximum atomic E-state index is 11.9. The highest BCUT2D eigenvalue weighted by Crippen LogP contribution is 2.13. The van der Waals surface area contributed by atoms with Crippen molar-refractivity contribution in [1.29, 1.82) is 0 Å². The van der Waals surface area contributed by atoms with Crippen LogP contribution in [0.5, 0.6) is 0 Å². The Hall–Kier alpha value is -2.21. The number of hydrogen-bond acceptors (Lipinski definition) is 4. The number of hydrogen-bond donors (Lipinski definition) is 2. The molecule has 0 atom stereocenters. The zero-order valence-corrected chi connectivity index (χ0v) is 13.9. The first-order valence-electron chi connectivity index (χ1n) is 7.61. The van der Waals surface area contributed by atoms with Crippen LogP contribution < -0.4 is 5.32 Å². The van der Waals surface area contributed by atoms with Gasteiger partial charge in [-0.05, 0) is 24.5 Å². The fourth-order valence-corrected chi connectivity index (χ4v) is 3.08. The number of thiazole rings is 1. The lowest BCUT2D eigenvalue weighted by Crippen LogP contribution is -2.26. The fourth-order valence-electron chi connectivity index (χ4n) is 2.22. The van der Waals surface area contributed by atoms with E-state index in [0.29, 0.717) is 18.5 Å². The molecule has 23 heavy (non-hydrogen) atoms. The number of carboxylic acid groups (broad SMARTS) is 1. The van der Waals surface area contributed by atoms with Gasteiger partial charge in [-0.15, -0.1) is 11.3 Å². The molecule has 0 aliphatic heterocycles. The number of aromatic nitrogens is 1. The van der Waals surface area contributed by atoms with E-state index in [1.54, 1.807) is 35.6 Å². The predicted octanol–water partition coefficient (Wildman–Crippen LogP) is 2.70. The molecule has 0 saturated carbocycles. The number of nitrogens with one attached hydrogen (secondary N) is 1. The largest absolute Gasteiger partial charge is 0.478 e. The average molecular weight is 332 g/mol. The molecule has 2 aromatic rings. The first kappa shape index (κ1) is 17.1. The minimum Gasteiger partial charge on any atom is -0.478 e. The highest BCUT2D eigenvalue weighted by atomic mass is 32.1. The van der Waals surface area contributed by atoms with Crippen molar-refractivity contribution >= 4 is 23.2 Å². The van der Waals surface area contributed by atoms with Crippen molar-refractivity contribution in [1.82, 2.24) is 10.3 Å². The Morgan fingerprint density at radius 1 is 1.26 bits per heavy atom. The van der Waals surface area contributed by atoms with Gasteiger partial charge in [0.1, 0.15) is 0 Å². The number of amides is 1. The minimum atomic E-state index is -0.962. The van der Waals surface area contributed by atoms with E-state index in [1.165, 1.54) is 4.88 Å². The molecule has 0 radical (unpaired) electrons. The maximum absolute atomic E-state index is 11.9. The summed E-state index contributed by atoms with van der Waals surface area (Å²) in [5.41, 5.74) is 0.942. The number of nitrogens with zero attached hydrogens (tertiary/aromatic N) is 1. The lowest BCUT2D eigenvalue weighted by atomic mass is 10.0. The van der Waals surface area contributed by atoms with Crippen LogP contribution in [0.25, 0.3) is 0 Å². The predicted molar refractivity (Wildman–Crippen MR) is 89.9 cm³/mol. The normalized spacial score (nSPS) is 10.5. The van der Waals surface area contributed by atoms with Crippen molar-refractivity contribution in [2.24, 2.45) is 0 Å². The molecule has 122 valence electrons. The highest BCUT2D eigenvalue weighted by molar-refractivity contribution is 7.11. The smallest absolute Gasteiger partial charge is 0.335 e. The second-order valence-corrected chi connectivity index (χ2v) is 6.34. The van der Waals surface area contributed by atoms with Crippen LogP contribution >= 0.6 is 11.3 Å². The van der Waals surface area contributed by atoms with Crippen molar-refractivity contribution in [3.63, 3.8) is 0 Å². The Morgan fingerprint density at radius 3 is 2.74 bits per heavy atom. The van der Waals surface area contributed by atoms with Crippen LogP contribution in [0.3, 0.4) is 0 Å². The SMILES string of the molecule is CCc1cnc(CCNC(=O)CCc2ccccc2C(=O)O)s1. The molecule has 0 bridgehead atoms. The molecule has 2 N–H and O–H groups in total. The van der Waals surface area contributed by atoms with Crippen LogP contribution in [0.1, 0.15) is 39.2 Å². The molecule has 0 aliphatic rings. The summed E-state index contributed by atoms with van der Waals surface area (Å²) in [5, 5.41) is 13.0. The van der Waals surface area contributed by atoms with Gasteiger partial charge in [0.15, 0.2) is 0 Å². The third kappa shape index (κ3) is 5.17. The first-order chi connectivity index (χ1) is 11.1. The molecule has 0 saturated heterocycles. The molecule has 6 heteroatoms. The zero-order chi connectivity index (χ0) is 16.7. The van der Waals surface area contributed by atoms with Gasteiger partial charge in [-0.2, -0.15) is 0 Å². The monoisotopic (exact) mass is 332 g/mol. The standard InChI is InChI=1S/C17H20N2O3S/c1-2-13-11-19-16(23-13)9-10-18-15(20)8-7-12-5-3-4-6-14(12)17(21)22/h3-6,11H,2,7-10H2,1H3,(H,18,20)(H,21,22). The van der Waals surface area contributed by atoms with E-state index in [1.807, 2.05) is 6.20 Å². The van der Waals surface area contributed by atoms with E-state index >= 15 is 0 Å². The van der Waals surface area contributed by atoms with Crippen LogP contribution in [0, 0.1) is 0 Å². The summed E-state index contributed by atoms with van der Waals surface area (Å²) in [6.45, 7) is 2.64. The van der Waals surface area contributed by atoms with Crippen LogP contribution in [0.15, 0.2) is 30.5 Å². The number of carbonyl (C=O) groups excluding carboxylic acids is 1. The van der Waals surface area contributed by atoms with E-state index in [0.717, 1.165) is 17.8 Å². The fraction of sp³-hybridized carbons (Fsp3) is 0.353. The van der Waals surface area contributed by atoms with Crippen molar-refractivity contribution in [2.45, 2.75) is 32.6 Å². The quantitative estimate of drug-likeness (QED) is 0.779. The Morgan fingerprint density at radius 2 is 2.04 bits per heavy atom. The third-order valence-corrected chi connectivity index (χ3v) is 4.68. The van der Waals surface area contributed by atoms with E-state index < -0.39 is 5.97 Å². The van der Waals surface area contributed by atoms with Gasteiger partial charge in [0.2, 0.25) is 5.91 Å². The van der Waals surface area contributed by atoms with E-state index in [4.69, 9.17) is 5.11 Å². The van der Waals surface area contributed by atoms with Crippen molar-refractivity contribution < 1.29 is 14.7 Å². The van der Waals surface area contributed by atoms with Gasteiger partial charge in [0.05, 0.1) is 10.6 Å². The summed E-state index contributed by atoms with van der Waals surface area (Å²) in [7, 11) is 0. The average Bonchev–Trinajstić information content (AvgIpc) is 3.01. The number of aryl methyl sites for hydroxylation is 2. The number of aromatic carboxylic acids is 1. The van der Waals surface area contributed by atoms with Crippen LogP contribution in [-0.4, -0.2) is 28.5 Å². The first-order valence-corrected chi connectivity index (χ1v) is 8.43. The van der Waals surface area contributed by atoms with Crippen molar-refractivity contribution in [3.8, 4) is 0 Å². The van der Waals surface area contributed by atoms with Crippen LogP contribution in [0.4, 0.5) is 0 Å². The minimum absolute atomic E-state index is 0.0718. The number of benzene rings is 1. The number of carbonyl (C=O) groups is 2. The summed E-state index contributed by atoms with van der Waals surface area (Å²) in [6.07, 6.45) is 4.29. The van der Waals surface area contributed by atoms with Crippen molar-refractivity contribution in [2.75, 3.05) is 6.54 Å². The van der Waals surface area contributed by atoms with Gasteiger partial charge in [0, 0.05) is 30.5 Å². The van der Waals surface area contributed by atoms with Gasteiger partial charge in [-0.25, -0.2) is 9.78 Å². The second kappa shape index (κ2) is 8.43. The third-order valence-electron chi connectivity index (χ3n) is 3.48.